The summed E-state index contributed by atoms with van der Waals surface area (Å²) in [4.78, 5) is 6.89. The van der Waals surface area contributed by atoms with E-state index in [-0.39, 0.29) is 12.4 Å². The van der Waals surface area contributed by atoms with Crippen LogP contribution in [-0.4, -0.2) is 28.2 Å². The monoisotopic (exact) mass is 292 g/mol. The van der Waals surface area contributed by atoms with Crippen molar-refractivity contribution in [3.05, 3.63) is 11.8 Å². The van der Waals surface area contributed by atoms with Crippen molar-refractivity contribution in [1.29, 1.82) is 0 Å². The van der Waals surface area contributed by atoms with Crippen molar-refractivity contribution in [3.63, 3.8) is 0 Å². The maximum absolute atomic E-state index is 12.6. The number of nitrogens with zero attached hydrogens (tertiary/aromatic N) is 2. The maximum atomic E-state index is 12.6. The summed E-state index contributed by atoms with van der Waals surface area (Å²) in [5, 5.41) is 12.2. The molecule has 8 heteroatoms. The molecule has 0 fully saturated rings. The summed E-state index contributed by atoms with van der Waals surface area (Å²) in [7, 11) is 0. The fraction of sp³-hybridized carbons (Fsp3) is 0.667. The molecule has 0 aliphatic rings. The van der Waals surface area contributed by atoms with Gasteiger partial charge >= 0.3 is 6.18 Å². The molecule has 0 atom stereocenters. The number of halogens is 3. The van der Waals surface area contributed by atoms with Crippen LogP contribution in [0.4, 0.5) is 24.9 Å². The molecule has 114 valence electrons. The Bertz CT molecular complexity index is 439. The zero-order valence-corrected chi connectivity index (χ0v) is 11.5. The molecular weight excluding hydrogens is 273 g/mol. The molecule has 1 heterocycles. The van der Waals surface area contributed by atoms with Gasteiger partial charge in [-0.15, -0.1) is 0 Å². The minimum atomic E-state index is -4.57. The third-order valence-electron chi connectivity index (χ3n) is 3.51. The summed E-state index contributed by atoms with van der Waals surface area (Å²) < 4.78 is 37.8. The second-order valence-corrected chi connectivity index (χ2v) is 4.71. The average Bonchev–Trinajstić information content (AvgIpc) is 2.39. The van der Waals surface area contributed by atoms with Gasteiger partial charge in [-0.1, -0.05) is 13.8 Å². The normalized spacial score (nSPS) is 12.5. The van der Waals surface area contributed by atoms with Crippen LogP contribution in [0.3, 0.4) is 0 Å². The minimum Gasteiger partial charge on any atom is -0.396 e. The highest BCUT2D eigenvalue weighted by Gasteiger charge is 2.34. The molecule has 0 radical (unpaired) electrons. The summed E-state index contributed by atoms with van der Waals surface area (Å²) in [6, 6.07) is 0.809. The zero-order chi connectivity index (χ0) is 15.4. The van der Waals surface area contributed by atoms with E-state index in [0.717, 1.165) is 6.07 Å². The number of aliphatic hydroxyl groups excluding tert-OH is 1. The van der Waals surface area contributed by atoms with Gasteiger partial charge in [-0.3, -0.25) is 0 Å². The second-order valence-electron chi connectivity index (χ2n) is 4.71. The van der Waals surface area contributed by atoms with E-state index in [1.807, 2.05) is 13.8 Å². The van der Waals surface area contributed by atoms with Gasteiger partial charge in [-0.25, -0.2) is 4.98 Å². The predicted molar refractivity (Wildman–Crippen MR) is 70.0 cm³/mol. The Labute approximate surface area is 115 Å². The van der Waals surface area contributed by atoms with E-state index >= 15 is 0 Å². The van der Waals surface area contributed by atoms with Gasteiger partial charge in [0.05, 0.1) is 6.61 Å². The standard InChI is InChI=1S/C12H19F3N4O/c1-3-11(4-2,7-20)6-17-9-5-8(12(13,14)15)18-10(16)19-9/h5,20H,3-4,6-7H2,1-2H3,(H3,16,17,18,19). The highest BCUT2D eigenvalue weighted by atomic mass is 19.4. The SMILES string of the molecule is CCC(CC)(CO)CNc1cc(C(F)(F)F)nc(N)n1. The Hall–Kier alpha value is -1.57. The molecule has 0 bridgehead atoms. The minimum absolute atomic E-state index is 0.00421. The molecule has 1 aromatic heterocycles. The summed E-state index contributed by atoms with van der Waals surface area (Å²) in [5.74, 6) is -0.436. The first kappa shape index (κ1) is 16.5. The van der Waals surface area contributed by atoms with Crippen LogP contribution >= 0.6 is 0 Å². The van der Waals surface area contributed by atoms with Gasteiger partial charge in [-0.05, 0) is 12.8 Å². The molecule has 0 saturated carbocycles. The van der Waals surface area contributed by atoms with Crippen LogP contribution < -0.4 is 11.1 Å². The molecule has 0 saturated heterocycles. The second kappa shape index (κ2) is 6.25. The number of aliphatic hydroxyl groups is 1. The molecule has 1 aromatic rings. The van der Waals surface area contributed by atoms with Crippen molar-refractivity contribution < 1.29 is 18.3 Å². The van der Waals surface area contributed by atoms with E-state index in [2.05, 4.69) is 15.3 Å². The Morgan fingerprint density at radius 1 is 1.25 bits per heavy atom. The molecule has 0 amide bonds. The van der Waals surface area contributed by atoms with E-state index in [1.54, 1.807) is 0 Å². The highest BCUT2D eigenvalue weighted by molar-refractivity contribution is 5.41. The van der Waals surface area contributed by atoms with E-state index in [9.17, 15) is 18.3 Å². The third-order valence-corrected chi connectivity index (χ3v) is 3.51. The summed E-state index contributed by atoms with van der Waals surface area (Å²) in [5.41, 5.74) is 3.80. The van der Waals surface area contributed by atoms with Gasteiger partial charge in [0, 0.05) is 18.0 Å². The fourth-order valence-corrected chi connectivity index (χ4v) is 1.76. The summed E-state index contributed by atoms with van der Waals surface area (Å²) >= 11 is 0. The number of nitrogen functional groups attached to an aromatic ring is 1. The quantitative estimate of drug-likeness (QED) is 0.749. The lowest BCUT2D eigenvalue weighted by molar-refractivity contribution is -0.141. The van der Waals surface area contributed by atoms with Crippen molar-refractivity contribution >= 4 is 11.8 Å². The molecule has 20 heavy (non-hydrogen) atoms. The van der Waals surface area contributed by atoms with Crippen LogP contribution in [0, 0.1) is 5.41 Å². The van der Waals surface area contributed by atoms with E-state index in [0.29, 0.717) is 19.4 Å². The molecular formula is C12H19F3N4O. The number of rotatable bonds is 6. The van der Waals surface area contributed by atoms with Crippen molar-refractivity contribution in [3.8, 4) is 0 Å². The van der Waals surface area contributed by atoms with Crippen LogP contribution in [0.1, 0.15) is 32.4 Å². The molecule has 0 aliphatic heterocycles. The maximum Gasteiger partial charge on any atom is 0.433 e. The smallest absolute Gasteiger partial charge is 0.396 e. The zero-order valence-electron chi connectivity index (χ0n) is 11.5. The van der Waals surface area contributed by atoms with Crippen LogP contribution in [-0.2, 0) is 6.18 Å². The van der Waals surface area contributed by atoms with Crippen molar-refractivity contribution in [2.45, 2.75) is 32.9 Å². The Balaban J connectivity index is 2.91. The number of aromatic nitrogens is 2. The molecule has 0 unspecified atom stereocenters. The van der Waals surface area contributed by atoms with Crippen molar-refractivity contribution in [2.75, 3.05) is 24.2 Å². The van der Waals surface area contributed by atoms with Crippen LogP contribution in [0.2, 0.25) is 0 Å². The topological polar surface area (TPSA) is 84.1 Å². The number of hydrogen-bond donors (Lipinski definition) is 3. The summed E-state index contributed by atoms with van der Waals surface area (Å²) in [6.07, 6.45) is -3.18. The fourth-order valence-electron chi connectivity index (χ4n) is 1.76. The lowest BCUT2D eigenvalue weighted by atomic mass is 9.83. The predicted octanol–water partition coefficient (Wildman–Crippen LogP) is 2.29. The first-order chi connectivity index (χ1) is 9.26. The molecule has 5 nitrogen and oxygen atoms in total. The van der Waals surface area contributed by atoms with E-state index in [1.165, 1.54) is 0 Å². The first-order valence-electron chi connectivity index (χ1n) is 6.33. The molecule has 0 spiro atoms. The highest BCUT2D eigenvalue weighted by Crippen LogP contribution is 2.30. The van der Waals surface area contributed by atoms with Gasteiger partial charge in [0.2, 0.25) is 5.95 Å². The van der Waals surface area contributed by atoms with Gasteiger partial charge in [-0.2, -0.15) is 18.2 Å². The number of nitrogens with two attached hydrogens (primary N) is 1. The van der Waals surface area contributed by atoms with Gasteiger partial charge in [0.25, 0.3) is 0 Å². The van der Waals surface area contributed by atoms with Gasteiger partial charge in [0.15, 0.2) is 5.69 Å². The number of hydrogen-bond acceptors (Lipinski definition) is 5. The van der Waals surface area contributed by atoms with Gasteiger partial charge in [0.1, 0.15) is 5.82 Å². The van der Waals surface area contributed by atoms with Crippen molar-refractivity contribution in [2.24, 2.45) is 5.41 Å². The molecule has 4 N–H and O–H groups in total. The number of alkyl halides is 3. The Morgan fingerprint density at radius 3 is 2.30 bits per heavy atom. The average molecular weight is 292 g/mol. The lowest BCUT2D eigenvalue weighted by Crippen LogP contribution is -2.32. The largest absolute Gasteiger partial charge is 0.433 e. The molecule has 0 aromatic carbocycles. The van der Waals surface area contributed by atoms with Crippen LogP contribution in [0.5, 0.6) is 0 Å². The molecule has 1 rings (SSSR count). The third kappa shape index (κ3) is 3.96. The van der Waals surface area contributed by atoms with E-state index in [4.69, 9.17) is 5.73 Å². The Morgan fingerprint density at radius 2 is 1.85 bits per heavy atom. The first-order valence-corrected chi connectivity index (χ1v) is 6.33. The van der Waals surface area contributed by atoms with Crippen LogP contribution in [0.25, 0.3) is 0 Å². The Kier molecular flexibility index (Phi) is 5.15. The number of anilines is 2. The van der Waals surface area contributed by atoms with Gasteiger partial charge < -0.3 is 16.2 Å². The number of nitrogens with one attached hydrogen (secondary N) is 1. The molecule has 0 aliphatic carbocycles. The van der Waals surface area contributed by atoms with E-state index < -0.39 is 23.2 Å². The lowest BCUT2D eigenvalue weighted by Gasteiger charge is -2.29. The van der Waals surface area contributed by atoms with Crippen LogP contribution in [0.15, 0.2) is 6.07 Å². The van der Waals surface area contributed by atoms with Crippen molar-refractivity contribution in [1.82, 2.24) is 9.97 Å². The summed E-state index contributed by atoms with van der Waals surface area (Å²) in [6.45, 7) is 4.08.